The van der Waals surface area contributed by atoms with Gasteiger partial charge in [-0.2, -0.15) is 4.68 Å². The van der Waals surface area contributed by atoms with E-state index in [1.807, 2.05) is 0 Å². The Morgan fingerprint density at radius 3 is 2.94 bits per heavy atom. The molecule has 6 nitrogen and oxygen atoms in total. The summed E-state index contributed by atoms with van der Waals surface area (Å²) in [5.41, 5.74) is 6.36. The van der Waals surface area contributed by atoms with Crippen LogP contribution in [0, 0.1) is 0 Å². The van der Waals surface area contributed by atoms with Crippen molar-refractivity contribution in [3.63, 3.8) is 0 Å². The molecule has 7 heteroatoms. The number of nitrogen functional groups attached to an aromatic ring is 1. The van der Waals surface area contributed by atoms with Crippen molar-refractivity contribution in [2.45, 2.75) is 0 Å². The van der Waals surface area contributed by atoms with Gasteiger partial charge in [-0.15, -0.1) is 5.10 Å². The van der Waals surface area contributed by atoms with Crippen LogP contribution in [0.25, 0.3) is 5.69 Å². The highest BCUT2D eigenvalue weighted by molar-refractivity contribution is 6.30. The molecule has 0 aliphatic carbocycles. The number of nitrogens with two attached hydrogens (primary N) is 1. The molecule has 0 saturated heterocycles. The Hall–Kier alpha value is -2.08. The maximum Gasteiger partial charge on any atom is 0.362 e. The number of nitrogens with zero attached hydrogens (tertiary/aromatic N) is 3. The molecule has 0 aliphatic heterocycles. The number of rotatable bonds is 2. The molecule has 88 valence electrons. The third-order valence-corrected chi connectivity index (χ3v) is 2.37. The van der Waals surface area contributed by atoms with Crippen LogP contribution in [0.2, 0.25) is 5.02 Å². The number of esters is 1. The first-order valence-corrected chi connectivity index (χ1v) is 5.06. The van der Waals surface area contributed by atoms with Crippen LogP contribution in [0.3, 0.4) is 0 Å². The number of hydrogen-bond acceptors (Lipinski definition) is 5. The molecule has 2 aromatic rings. The Kier molecular flexibility index (Phi) is 2.97. The van der Waals surface area contributed by atoms with Crippen molar-refractivity contribution >= 4 is 23.4 Å². The molecule has 0 atom stereocenters. The van der Waals surface area contributed by atoms with Gasteiger partial charge in [0.15, 0.2) is 5.82 Å². The van der Waals surface area contributed by atoms with Gasteiger partial charge in [0.2, 0.25) is 5.69 Å². The van der Waals surface area contributed by atoms with Crippen molar-refractivity contribution in [2.24, 2.45) is 0 Å². The predicted molar refractivity (Wildman–Crippen MR) is 62.1 cm³/mol. The molecule has 2 N–H and O–H groups in total. The number of ether oxygens (including phenoxy) is 1. The van der Waals surface area contributed by atoms with E-state index in [-0.39, 0.29) is 11.5 Å². The Morgan fingerprint density at radius 1 is 1.53 bits per heavy atom. The van der Waals surface area contributed by atoms with E-state index >= 15 is 0 Å². The van der Waals surface area contributed by atoms with Crippen LogP contribution < -0.4 is 5.73 Å². The molecule has 0 radical (unpaired) electrons. The number of halogens is 1. The van der Waals surface area contributed by atoms with Crippen molar-refractivity contribution < 1.29 is 9.53 Å². The first-order valence-electron chi connectivity index (χ1n) is 4.69. The molecular formula is C10H9ClN4O2. The number of methoxy groups -OCH3 is 1. The predicted octanol–water partition coefficient (Wildman–Crippen LogP) is 1.29. The summed E-state index contributed by atoms with van der Waals surface area (Å²) < 4.78 is 5.85. The van der Waals surface area contributed by atoms with Gasteiger partial charge in [-0.1, -0.05) is 22.9 Å². The minimum atomic E-state index is -0.629. The van der Waals surface area contributed by atoms with Crippen molar-refractivity contribution in [3.8, 4) is 5.69 Å². The van der Waals surface area contributed by atoms with E-state index in [1.54, 1.807) is 24.3 Å². The molecule has 0 unspecified atom stereocenters. The molecule has 0 bridgehead atoms. The topological polar surface area (TPSA) is 83.0 Å². The fourth-order valence-corrected chi connectivity index (χ4v) is 1.51. The first-order chi connectivity index (χ1) is 8.13. The molecule has 0 fully saturated rings. The molecule has 2 rings (SSSR count). The summed E-state index contributed by atoms with van der Waals surface area (Å²) in [7, 11) is 1.25. The third kappa shape index (κ3) is 2.07. The van der Waals surface area contributed by atoms with Crippen LogP contribution in [0.1, 0.15) is 10.5 Å². The average molecular weight is 253 g/mol. The number of carbonyl (C=O) groups excluding carboxylic acids is 1. The second-order valence-electron chi connectivity index (χ2n) is 3.21. The maximum absolute atomic E-state index is 11.3. The maximum atomic E-state index is 11.3. The number of carbonyl (C=O) groups is 1. The zero-order valence-electron chi connectivity index (χ0n) is 8.92. The molecule has 1 heterocycles. The molecule has 1 aromatic heterocycles. The summed E-state index contributed by atoms with van der Waals surface area (Å²) in [6.07, 6.45) is 0. The molecule has 0 amide bonds. The second kappa shape index (κ2) is 4.42. The van der Waals surface area contributed by atoms with Crippen molar-refractivity contribution in [3.05, 3.63) is 35.0 Å². The van der Waals surface area contributed by atoms with Crippen molar-refractivity contribution in [1.29, 1.82) is 0 Å². The van der Waals surface area contributed by atoms with Gasteiger partial charge in [0.25, 0.3) is 0 Å². The fraction of sp³-hybridized carbons (Fsp3) is 0.100. The molecule has 0 spiro atoms. The SMILES string of the molecule is COC(=O)c1nnn(-c2cccc(Cl)c2)c1N. The lowest BCUT2D eigenvalue weighted by Gasteiger charge is -2.03. The van der Waals surface area contributed by atoms with E-state index in [1.165, 1.54) is 11.8 Å². The highest BCUT2D eigenvalue weighted by Crippen LogP contribution is 2.18. The zero-order chi connectivity index (χ0) is 12.4. The Bertz CT molecular complexity index is 567. The highest BCUT2D eigenvalue weighted by Gasteiger charge is 2.18. The fourth-order valence-electron chi connectivity index (χ4n) is 1.33. The number of hydrogen-bond donors (Lipinski definition) is 1. The van der Waals surface area contributed by atoms with Gasteiger partial charge in [-0.05, 0) is 18.2 Å². The lowest BCUT2D eigenvalue weighted by Crippen LogP contribution is -2.07. The van der Waals surface area contributed by atoms with Gasteiger partial charge < -0.3 is 10.5 Å². The van der Waals surface area contributed by atoms with Crippen LogP contribution in [-0.2, 0) is 4.74 Å². The third-order valence-electron chi connectivity index (χ3n) is 2.14. The summed E-state index contributed by atoms with van der Waals surface area (Å²) in [6, 6.07) is 6.88. The Morgan fingerprint density at radius 2 is 2.29 bits per heavy atom. The van der Waals surface area contributed by atoms with E-state index in [2.05, 4.69) is 15.0 Å². The van der Waals surface area contributed by atoms with Crippen LogP contribution in [0.5, 0.6) is 0 Å². The molecule has 17 heavy (non-hydrogen) atoms. The minimum absolute atomic E-state index is 0.0209. The van der Waals surface area contributed by atoms with Crippen LogP contribution >= 0.6 is 11.6 Å². The monoisotopic (exact) mass is 252 g/mol. The number of benzene rings is 1. The van der Waals surface area contributed by atoms with Crippen molar-refractivity contribution in [1.82, 2.24) is 15.0 Å². The summed E-state index contributed by atoms with van der Waals surface area (Å²) in [4.78, 5) is 11.3. The summed E-state index contributed by atoms with van der Waals surface area (Å²) in [5, 5.41) is 7.98. The second-order valence-corrected chi connectivity index (χ2v) is 3.64. The smallest absolute Gasteiger partial charge is 0.362 e. The van der Waals surface area contributed by atoms with E-state index in [4.69, 9.17) is 17.3 Å². The van der Waals surface area contributed by atoms with Crippen LogP contribution in [0.15, 0.2) is 24.3 Å². The molecule has 1 aromatic carbocycles. The van der Waals surface area contributed by atoms with Gasteiger partial charge >= 0.3 is 5.97 Å². The standard InChI is InChI=1S/C10H9ClN4O2/c1-17-10(16)8-9(12)15(14-13-8)7-4-2-3-6(11)5-7/h2-5H,12H2,1H3. The molecular weight excluding hydrogens is 244 g/mol. The largest absolute Gasteiger partial charge is 0.464 e. The quantitative estimate of drug-likeness (QED) is 0.815. The number of aromatic nitrogens is 3. The normalized spacial score (nSPS) is 10.2. The summed E-state index contributed by atoms with van der Waals surface area (Å²) >= 11 is 5.85. The van der Waals surface area contributed by atoms with Gasteiger partial charge in [-0.3, -0.25) is 0 Å². The Labute approximate surface area is 102 Å². The van der Waals surface area contributed by atoms with E-state index in [0.29, 0.717) is 10.7 Å². The average Bonchev–Trinajstić information content (AvgIpc) is 2.70. The van der Waals surface area contributed by atoms with Gasteiger partial charge in [0.05, 0.1) is 12.8 Å². The number of anilines is 1. The highest BCUT2D eigenvalue weighted by atomic mass is 35.5. The van der Waals surface area contributed by atoms with Crippen molar-refractivity contribution in [2.75, 3.05) is 12.8 Å². The van der Waals surface area contributed by atoms with Gasteiger partial charge in [0, 0.05) is 5.02 Å². The Balaban J connectivity index is 2.48. The zero-order valence-corrected chi connectivity index (χ0v) is 9.68. The van der Waals surface area contributed by atoms with E-state index in [9.17, 15) is 4.79 Å². The first kappa shape index (κ1) is 11.4. The van der Waals surface area contributed by atoms with E-state index < -0.39 is 5.97 Å². The van der Waals surface area contributed by atoms with E-state index in [0.717, 1.165) is 0 Å². The molecule has 0 aliphatic rings. The lowest BCUT2D eigenvalue weighted by molar-refractivity contribution is 0.0595. The van der Waals surface area contributed by atoms with Crippen LogP contribution in [0.4, 0.5) is 5.82 Å². The van der Waals surface area contributed by atoms with Crippen LogP contribution in [-0.4, -0.2) is 28.1 Å². The minimum Gasteiger partial charge on any atom is -0.464 e. The summed E-state index contributed by atoms with van der Waals surface area (Å²) in [5.74, 6) is -0.519. The van der Waals surface area contributed by atoms with Gasteiger partial charge in [0.1, 0.15) is 0 Å². The molecule has 0 saturated carbocycles. The van der Waals surface area contributed by atoms with Gasteiger partial charge in [-0.25, -0.2) is 4.79 Å². The lowest BCUT2D eigenvalue weighted by atomic mass is 10.3. The summed E-state index contributed by atoms with van der Waals surface area (Å²) in [6.45, 7) is 0.